The van der Waals surface area contributed by atoms with Gasteiger partial charge >= 0.3 is 11.9 Å². The zero-order valence-electron chi connectivity index (χ0n) is 14.3. The third kappa shape index (κ3) is 7.54. The van der Waals surface area contributed by atoms with Gasteiger partial charge in [-0.05, 0) is 0 Å². The second-order valence-corrected chi connectivity index (χ2v) is 3.51. The predicted molar refractivity (Wildman–Crippen MR) is 50.7 cm³/mol. The van der Waals surface area contributed by atoms with Crippen molar-refractivity contribution in [1.29, 1.82) is 0 Å². The van der Waals surface area contributed by atoms with E-state index in [0.717, 1.165) is 0 Å². The quantitative estimate of drug-likeness (QED) is 0.516. The first-order valence-corrected chi connectivity index (χ1v) is 3.81. The molecule has 0 aromatic carbocycles. The molecular weight excluding hydrogens is 186 g/mol. The van der Waals surface area contributed by atoms with Crippen LogP contribution in [-0.2, 0) is 14.3 Å². The number of hydrogen-bond donors (Lipinski definition) is 1. The molecule has 0 aliphatic rings. The average Bonchev–Trinajstić information content (AvgIpc) is 2.12. The molecule has 1 atom stereocenters. The second kappa shape index (κ2) is 4.95. The maximum absolute atomic E-state index is 11.4. The Morgan fingerprint density at radius 2 is 2.21 bits per heavy atom. The van der Waals surface area contributed by atoms with Crippen molar-refractivity contribution in [2.75, 3.05) is 27.6 Å². The Balaban J connectivity index is 5.65. The Morgan fingerprint density at radius 1 is 1.64 bits per heavy atom. The van der Waals surface area contributed by atoms with Crippen molar-refractivity contribution in [3.05, 3.63) is 0 Å². The number of ether oxygens (including phenoxy) is 1. The van der Waals surface area contributed by atoms with E-state index >= 15 is 0 Å². The van der Waals surface area contributed by atoms with E-state index in [0.29, 0.717) is 0 Å². The lowest BCUT2D eigenvalue weighted by atomic mass is 10.2. The van der Waals surface area contributed by atoms with Crippen molar-refractivity contribution in [2.45, 2.75) is 19.4 Å². The molecule has 14 heavy (non-hydrogen) atoms. The van der Waals surface area contributed by atoms with Crippen LogP contribution in [0, 0.1) is 0 Å². The van der Waals surface area contributed by atoms with E-state index < -0.39 is 42.3 Å². The molecule has 5 heteroatoms. The van der Waals surface area contributed by atoms with E-state index in [1.165, 1.54) is 21.1 Å². The van der Waals surface area contributed by atoms with Gasteiger partial charge in [0.1, 0.15) is 6.50 Å². The van der Waals surface area contributed by atoms with Gasteiger partial charge in [0.2, 0.25) is 0 Å². The normalized spacial score (nSPS) is 23.9. The summed E-state index contributed by atoms with van der Waals surface area (Å²) >= 11 is 0. The molecular formula is C9H18NO4+. The SMILES string of the molecule is [2H]C([2H])([2H])C(=O)O[C@]([2H])(CC(=O)O)C([2H])([2H])[N+](C)(C)C. The highest BCUT2D eigenvalue weighted by atomic mass is 16.5. The highest BCUT2D eigenvalue weighted by Crippen LogP contribution is 2.04. The molecule has 5 nitrogen and oxygen atoms in total. The van der Waals surface area contributed by atoms with Crippen molar-refractivity contribution >= 4 is 11.9 Å². The van der Waals surface area contributed by atoms with E-state index in [2.05, 4.69) is 4.74 Å². The molecule has 0 rings (SSSR count). The fourth-order valence-corrected chi connectivity index (χ4v) is 0.722. The summed E-state index contributed by atoms with van der Waals surface area (Å²) in [5.74, 6) is -3.40. The van der Waals surface area contributed by atoms with Crippen LogP contribution in [0.5, 0.6) is 0 Å². The van der Waals surface area contributed by atoms with Gasteiger partial charge in [-0.3, -0.25) is 9.59 Å². The van der Waals surface area contributed by atoms with Gasteiger partial charge in [0, 0.05) is 11.0 Å². The number of quaternary nitrogens is 1. The lowest BCUT2D eigenvalue weighted by Crippen LogP contribution is -2.43. The number of rotatable bonds is 5. The number of carbonyl (C=O) groups excluding carboxylic acids is 1. The molecule has 0 bridgehead atoms. The summed E-state index contributed by atoms with van der Waals surface area (Å²) in [5, 5.41) is 8.77. The fraction of sp³-hybridized carbons (Fsp3) is 0.778. The number of nitrogens with zero attached hydrogens (tertiary/aromatic N) is 1. The van der Waals surface area contributed by atoms with Gasteiger partial charge in [-0.15, -0.1) is 0 Å². The van der Waals surface area contributed by atoms with Crippen LogP contribution in [0.15, 0.2) is 0 Å². The number of carboxylic acid groups (broad SMARTS) is 1. The molecule has 0 aliphatic heterocycles. The average molecular weight is 210 g/mol. The molecule has 0 amide bonds. The van der Waals surface area contributed by atoms with Crippen molar-refractivity contribution in [3.63, 3.8) is 0 Å². The van der Waals surface area contributed by atoms with Crippen molar-refractivity contribution in [3.8, 4) is 0 Å². The first-order valence-electron chi connectivity index (χ1n) is 6.81. The van der Waals surface area contributed by atoms with E-state index in [9.17, 15) is 9.59 Å². The first kappa shape index (κ1) is 5.70. The van der Waals surface area contributed by atoms with E-state index in [1.807, 2.05) is 0 Å². The molecule has 0 aromatic heterocycles. The minimum Gasteiger partial charge on any atom is -0.481 e. The number of carboxylic acids is 1. The highest BCUT2D eigenvalue weighted by molar-refractivity contribution is 5.69. The third-order valence-electron chi connectivity index (χ3n) is 0.988. The van der Waals surface area contributed by atoms with Gasteiger partial charge in [-0.1, -0.05) is 0 Å². The van der Waals surface area contributed by atoms with Crippen LogP contribution in [0.2, 0.25) is 0 Å². The summed E-state index contributed by atoms with van der Waals surface area (Å²) in [4.78, 5) is 22.2. The number of likely N-dealkylation sites (N-methyl/N-ethyl adjacent to an activating group) is 1. The molecule has 1 N–H and O–H groups in total. The van der Waals surface area contributed by atoms with E-state index in [1.54, 1.807) is 0 Å². The molecule has 0 aliphatic carbocycles. The second-order valence-electron chi connectivity index (χ2n) is 3.51. The van der Waals surface area contributed by atoms with Gasteiger partial charge in [0.25, 0.3) is 0 Å². The number of carbonyl (C=O) groups is 2. The summed E-state index contributed by atoms with van der Waals surface area (Å²) in [6, 6.07) is 0. The van der Waals surface area contributed by atoms with Gasteiger partial charge in [0.15, 0.2) is 6.08 Å². The van der Waals surface area contributed by atoms with Crippen LogP contribution in [0.3, 0.4) is 0 Å². The summed E-state index contributed by atoms with van der Waals surface area (Å²) in [6.07, 6.45) is -4.06. The molecule has 0 saturated heterocycles. The third-order valence-corrected chi connectivity index (χ3v) is 0.988. The predicted octanol–water partition coefficient (Wildman–Crippen LogP) is 0.0990. The Hall–Kier alpha value is -1.10. The van der Waals surface area contributed by atoms with Crippen molar-refractivity contribution in [1.82, 2.24) is 0 Å². The van der Waals surface area contributed by atoms with Crippen LogP contribution in [-0.4, -0.2) is 55.2 Å². The zero-order chi connectivity index (χ0) is 16.6. The van der Waals surface area contributed by atoms with Crippen LogP contribution < -0.4 is 0 Å². The Kier molecular flexibility index (Phi) is 2.02. The maximum atomic E-state index is 11.4. The molecule has 0 fully saturated rings. The smallest absolute Gasteiger partial charge is 0.307 e. The molecule has 0 heterocycles. The van der Waals surface area contributed by atoms with Crippen molar-refractivity contribution < 1.29 is 32.1 Å². The summed E-state index contributed by atoms with van der Waals surface area (Å²) in [5.41, 5.74) is 0. The largest absolute Gasteiger partial charge is 0.481 e. The monoisotopic (exact) mass is 210 g/mol. The van der Waals surface area contributed by atoms with Crippen LogP contribution in [0.1, 0.15) is 21.5 Å². The minimum atomic E-state index is -3.20. The fourth-order valence-electron chi connectivity index (χ4n) is 0.722. The Labute approximate surface area is 92.3 Å². The topological polar surface area (TPSA) is 63.6 Å². The number of hydrogen-bond acceptors (Lipinski definition) is 3. The Morgan fingerprint density at radius 3 is 2.57 bits per heavy atom. The maximum Gasteiger partial charge on any atom is 0.307 e. The number of aliphatic carboxylic acids is 1. The molecule has 0 aromatic rings. The summed E-state index contributed by atoms with van der Waals surface area (Å²) < 4.78 is 48.0. The summed E-state index contributed by atoms with van der Waals surface area (Å²) in [6.45, 7) is -5.85. The van der Waals surface area contributed by atoms with E-state index in [4.69, 9.17) is 13.3 Å². The molecule has 82 valence electrons. The Bertz CT molecular complexity index is 402. The number of esters is 1. The van der Waals surface area contributed by atoms with Gasteiger partial charge in [-0.2, -0.15) is 0 Å². The molecule has 0 spiro atoms. The van der Waals surface area contributed by atoms with Crippen LogP contribution in [0.4, 0.5) is 0 Å². The van der Waals surface area contributed by atoms with Gasteiger partial charge in [0.05, 0.1) is 31.7 Å². The standard InChI is InChI=1S/C9H17NO4/c1-7(11)14-8(5-9(12)13)6-10(2,3)4/h8H,5-6H2,1-4H3/p+1/t8-/m1/s1/i1D3,6D2,8D. The zero-order valence-corrected chi connectivity index (χ0v) is 8.33. The lowest BCUT2D eigenvalue weighted by molar-refractivity contribution is -0.873. The van der Waals surface area contributed by atoms with Gasteiger partial charge < -0.3 is 14.3 Å². The van der Waals surface area contributed by atoms with E-state index in [-0.39, 0.29) is 0 Å². The van der Waals surface area contributed by atoms with Crippen LogP contribution >= 0.6 is 0 Å². The molecule has 0 saturated carbocycles. The summed E-state index contributed by atoms with van der Waals surface area (Å²) in [7, 11) is 3.98. The molecule has 0 unspecified atom stereocenters. The lowest BCUT2D eigenvalue weighted by Gasteiger charge is -2.28. The van der Waals surface area contributed by atoms with Crippen LogP contribution in [0.25, 0.3) is 0 Å². The van der Waals surface area contributed by atoms with Crippen molar-refractivity contribution in [2.24, 2.45) is 0 Å². The molecule has 0 radical (unpaired) electrons. The highest BCUT2D eigenvalue weighted by Gasteiger charge is 2.23. The minimum absolute atomic E-state index is 0.557. The first-order chi connectivity index (χ1) is 8.54. The van der Waals surface area contributed by atoms with Gasteiger partial charge in [-0.25, -0.2) is 0 Å².